The number of nitrogens with zero attached hydrogens (tertiary/aromatic N) is 4. The number of aryl methyl sites for hydroxylation is 1. The Kier molecular flexibility index (Phi) is 5.41. The highest BCUT2D eigenvalue weighted by molar-refractivity contribution is 5.92. The summed E-state index contributed by atoms with van der Waals surface area (Å²) in [7, 11) is 0. The van der Waals surface area contributed by atoms with Gasteiger partial charge in [0, 0.05) is 38.3 Å². The predicted octanol–water partition coefficient (Wildman–Crippen LogP) is 2.07. The number of aromatic nitrogens is 3. The second-order valence-corrected chi connectivity index (χ2v) is 6.02. The minimum Gasteiger partial charge on any atom is -0.381 e. The summed E-state index contributed by atoms with van der Waals surface area (Å²) in [5.41, 5.74) is 0.727. The molecule has 1 atom stereocenters. The molecule has 0 unspecified atom stereocenters. The first-order chi connectivity index (χ1) is 12.2. The molecule has 0 saturated carbocycles. The van der Waals surface area contributed by atoms with Crippen molar-refractivity contribution in [3.05, 3.63) is 47.8 Å². The molecular formula is C18H21N5O2. The van der Waals surface area contributed by atoms with Gasteiger partial charge >= 0.3 is 0 Å². The fourth-order valence-electron chi connectivity index (χ4n) is 3.12. The number of pyridine rings is 1. The fourth-order valence-corrected chi connectivity index (χ4v) is 3.12. The summed E-state index contributed by atoms with van der Waals surface area (Å²) < 4.78 is 7.50. The van der Waals surface area contributed by atoms with Gasteiger partial charge < -0.3 is 14.6 Å². The van der Waals surface area contributed by atoms with Crippen molar-refractivity contribution in [3.8, 4) is 6.07 Å². The second kappa shape index (κ2) is 7.90. The van der Waals surface area contributed by atoms with E-state index in [9.17, 15) is 4.79 Å². The molecule has 0 bridgehead atoms. The van der Waals surface area contributed by atoms with E-state index in [0.717, 1.165) is 25.2 Å². The standard InChI is InChI=1S/C18H21N5O2/c1-2-23-8-7-20-17(23)16(14-5-9-25-10-6-14)22-18(24)15-4-3-13(11-19)12-21-15/h3-4,7-8,12,14,16H,2,5-6,9-10H2,1H3,(H,22,24)/t16-/m0/s1. The number of imidazole rings is 1. The van der Waals surface area contributed by atoms with Gasteiger partial charge in [-0.25, -0.2) is 9.97 Å². The molecule has 2 aromatic rings. The van der Waals surface area contributed by atoms with Gasteiger partial charge in [0.2, 0.25) is 0 Å². The minimum absolute atomic E-state index is 0.191. The Balaban J connectivity index is 1.83. The molecule has 1 aliphatic rings. The number of ether oxygens (including phenoxy) is 1. The van der Waals surface area contributed by atoms with Crippen LogP contribution in [0.5, 0.6) is 0 Å². The second-order valence-electron chi connectivity index (χ2n) is 6.02. The van der Waals surface area contributed by atoms with Crippen LogP contribution >= 0.6 is 0 Å². The number of nitrogens with one attached hydrogen (secondary N) is 1. The number of hydrogen-bond donors (Lipinski definition) is 1. The van der Waals surface area contributed by atoms with Gasteiger partial charge in [-0.15, -0.1) is 0 Å². The van der Waals surface area contributed by atoms with Crippen molar-refractivity contribution in [1.29, 1.82) is 5.26 Å². The van der Waals surface area contributed by atoms with Gasteiger partial charge in [0.1, 0.15) is 17.6 Å². The largest absolute Gasteiger partial charge is 0.381 e. The highest BCUT2D eigenvalue weighted by atomic mass is 16.5. The van der Waals surface area contributed by atoms with Crippen molar-refractivity contribution in [2.75, 3.05) is 13.2 Å². The highest BCUT2D eigenvalue weighted by Crippen LogP contribution is 2.29. The molecule has 2 aromatic heterocycles. The molecule has 7 heteroatoms. The summed E-state index contributed by atoms with van der Waals surface area (Å²) in [5, 5.41) is 11.9. The Hall–Kier alpha value is -2.72. The third-order valence-corrected chi connectivity index (χ3v) is 4.52. The van der Waals surface area contributed by atoms with Crippen molar-refractivity contribution in [1.82, 2.24) is 19.9 Å². The van der Waals surface area contributed by atoms with Crippen molar-refractivity contribution in [3.63, 3.8) is 0 Å². The summed E-state index contributed by atoms with van der Waals surface area (Å²) in [5.74, 6) is 0.867. The number of carbonyl (C=O) groups is 1. The van der Waals surface area contributed by atoms with E-state index >= 15 is 0 Å². The van der Waals surface area contributed by atoms with Gasteiger partial charge in [0.15, 0.2) is 0 Å². The van der Waals surface area contributed by atoms with Crippen LogP contribution in [0.4, 0.5) is 0 Å². The Morgan fingerprint density at radius 1 is 1.44 bits per heavy atom. The van der Waals surface area contributed by atoms with Gasteiger partial charge in [0.05, 0.1) is 11.6 Å². The van der Waals surface area contributed by atoms with Gasteiger partial charge in [-0.3, -0.25) is 4.79 Å². The Morgan fingerprint density at radius 2 is 2.24 bits per heavy atom. The van der Waals surface area contributed by atoms with Crippen LogP contribution in [-0.2, 0) is 11.3 Å². The third-order valence-electron chi connectivity index (χ3n) is 4.52. The van der Waals surface area contributed by atoms with Crippen LogP contribution in [0.15, 0.2) is 30.7 Å². The van der Waals surface area contributed by atoms with Crippen LogP contribution in [0.3, 0.4) is 0 Å². The van der Waals surface area contributed by atoms with Crippen LogP contribution in [0.2, 0.25) is 0 Å². The number of rotatable bonds is 5. The average molecular weight is 339 g/mol. The number of hydrogen-bond acceptors (Lipinski definition) is 5. The lowest BCUT2D eigenvalue weighted by Crippen LogP contribution is -2.38. The summed E-state index contributed by atoms with van der Waals surface area (Å²) >= 11 is 0. The molecule has 130 valence electrons. The fraction of sp³-hybridized carbons (Fsp3) is 0.444. The number of amides is 1. The lowest BCUT2D eigenvalue weighted by Gasteiger charge is -2.30. The molecule has 25 heavy (non-hydrogen) atoms. The summed E-state index contributed by atoms with van der Waals surface area (Å²) in [6, 6.07) is 4.98. The van der Waals surface area contributed by atoms with Gasteiger partial charge in [0.25, 0.3) is 5.91 Å². The van der Waals surface area contributed by atoms with Gasteiger partial charge in [-0.05, 0) is 37.8 Å². The van der Waals surface area contributed by atoms with E-state index < -0.39 is 0 Å². The average Bonchev–Trinajstić information content (AvgIpc) is 3.15. The molecule has 0 aromatic carbocycles. The maximum absolute atomic E-state index is 12.7. The van der Waals surface area contributed by atoms with Crippen LogP contribution in [0, 0.1) is 17.2 Å². The molecule has 3 heterocycles. The topological polar surface area (TPSA) is 92.8 Å². The first kappa shape index (κ1) is 17.1. The molecular weight excluding hydrogens is 318 g/mol. The molecule has 1 aliphatic heterocycles. The number of nitriles is 1. The lowest BCUT2D eigenvalue weighted by molar-refractivity contribution is 0.0497. The van der Waals surface area contributed by atoms with E-state index in [2.05, 4.69) is 22.2 Å². The zero-order valence-corrected chi connectivity index (χ0v) is 14.2. The molecule has 0 aliphatic carbocycles. The van der Waals surface area contributed by atoms with Crippen LogP contribution in [-0.4, -0.2) is 33.7 Å². The maximum atomic E-state index is 12.7. The molecule has 1 fully saturated rings. The third kappa shape index (κ3) is 3.86. The Morgan fingerprint density at radius 3 is 2.88 bits per heavy atom. The van der Waals surface area contributed by atoms with Crippen LogP contribution < -0.4 is 5.32 Å². The van der Waals surface area contributed by atoms with E-state index in [1.807, 2.05) is 16.8 Å². The summed E-state index contributed by atoms with van der Waals surface area (Å²) in [4.78, 5) is 21.2. The van der Waals surface area contributed by atoms with E-state index in [4.69, 9.17) is 10.00 Å². The predicted molar refractivity (Wildman–Crippen MR) is 90.6 cm³/mol. The van der Waals surface area contributed by atoms with E-state index in [1.165, 1.54) is 6.20 Å². The lowest BCUT2D eigenvalue weighted by atomic mass is 9.91. The summed E-state index contributed by atoms with van der Waals surface area (Å²) in [6.45, 7) is 4.23. The quantitative estimate of drug-likeness (QED) is 0.900. The molecule has 7 nitrogen and oxygen atoms in total. The van der Waals surface area contributed by atoms with E-state index in [0.29, 0.717) is 24.5 Å². The van der Waals surface area contributed by atoms with Crippen molar-refractivity contribution < 1.29 is 9.53 Å². The molecule has 0 radical (unpaired) electrons. The van der Waals surface area contributed by atoms with Crippen LogP contribution in [0.25, 0.3) is 0 Å². The first-order valence-electron chi connectivity index (χ1n) is 8.48. The molecule has 0 spiro atoms. The van der Waals surface area contributed by atoms with E-state index in [-0.39, 0.29) is 17.9 Å². The van der Waals surface area contributed by atoms with Crippen molar-refractivity contribution in [2.45, 2.75) is 32.4 Å². The monoisotopic (exact) mass is 339 g/mol. The summed E-state index contributed by atoms with van der Waals surface area (Å²) in [6.07, 6.45) is 6.85. The number of carbonyl (C=O) groups excluding carboxylic acids is 1. The highest BCUT2D eigenvalue weighted by Gasteiger charge is 2.30. The maximum Gasteiger partial charge on any atom is 0.270 e. The zero-order chi connectivity index (χ0) is 17.6. The van der Waals surface area contributed by atoms with Gasteiger partial charge in [-0.1, -0.05) is 0 Å². The smallest absolute Gasteiger partial charge is 0.270 e. The van der Waals surface area contributed by atoms with Crippen molar-refractivity contribution in [2.24, 2.45) is 5.92 Å². The zero-order valence-electron chi connectivity index (χ0n) is 14.2. The Labute approximate surface area is 146 Å². The minimum atomic E-state index is -0.258. The molecule has 1 amide bonds. The van der Waals surface area contributed by atoms with E-state index in [1.54, 1.807) is 18.3 Å². The Bertz CT molecular complexity index is 757. The van der Waals surface area contributed by atoms with Crippen LogP contribution in [0.1, 0.15) is 47.7 Å². The molecule has 1 saturated heterocycles. The van der Waals surface area contributed by atoms with Gasteiger partial charge in [-0.2, -0.15) is 5.26 Å². The van der Waals surface area contributed by atoms with Crippen molar-refractivity contribution >= 4 is 5.91 Å². The molecule has 1 N–H and O–H groups in total. The molecule has 3 rings (SSSR count). The SMILES string of the molecule is CCn1ccnc1[C@@H](NC(=O)c1ccc(C#N)cn1)C1CCOCC1. The normalized spacial score (nSPS) is 16.2. The first-order valence-corrected chi connectivity index (χ1v) is 8.48.